The Morgan fingerprint density at radius 2 is 1.87 bits per heavy atom. The van der Waals surface area contributed by atoms with Gasteiger partial charge < -0.3 is 9.73 Å². The first-order chi connectivity index (χ1) is 6.83. The van der Waals surface area contributed by atoms with Crippen molar-refractivity contribution in [2.75, 3.05) is 6.54 Å². The molecule has 0 aromatic carbocycles. The van der Waals surface area contributed by atoms with Crippen molar-refractivity contribution >= 4 is 0 Å². The van der Waals surface area contributed by atoms with Gasteiger partial charge in [-0.3, -0.25) is 0 Å². The van der Waals surface area contributed by atoms with Crippen molar-refractivity contribution in [2.24, 2.45) is 0 Å². The zero-order chi connectivity index (χ0) is 11.5. The minimum Gasteiger partial charge on any atom is -0.468 e. The predicted molar refractivity (Wildman–Crippen MR) is 41.4 cm³/mol. The molecule has 1 aromatic heterocycles. The Labute approximate surface area is 82.1 Å². The molecule has 7 heteroatoms. The van der Waals surface area contributed by atoms with Gasteiger partial charge in [-0.15, -0.1) is 0 Å². The van der Waals surface area contributed by atoms with Crippen molar-refractivity contribution in [3.63, 3.8) is 0 Å². The number of halogens is 5. The monoisotopic (exact) mass is 229 g/mol. The van der Waals surface area contributed by atoms with E-state index in [0.717, 1.165) is 0 Å². The molecule has 0 aliphatic carbocycles. The molecule has 86 valence electrons. The highest BCUT2D eigenvalue weighted by Gasteiger charge is 2.56. The second kappa shape index (κ2) is 4.18. The number of alkyl halides is 5. The summed E-state index contributed by atoms with van der Waals surface area (Å²) in [7, 11) is 0. The molecule has 0 bridgehead atoms. The third-order valence-electron chi connectivity index (χ3n) is 1.64. The van der Waals surface area contributed by atoms with Crippen molar-refractivity contribution in [1.82, 2.24) is 5.32 Å². The lowest BCUT2D eigenvalue weighted by atomic mass is 10.3. The van der Waals surface area contributed by atoms with E-state index in [2.05, 4.69) is 0 Å². The molecule has 0 fully saturated rings. The number of hydrogen-bond donors (Lipinski definition) is 1. The lowest BCUT2D eigenvalue weighted by molar-refractivity contribution is -0.279. The number of furan rings is 1. The van der Waals surface area contributed by atoms with E-state index >= 15 is 0 Å². The first kappa shape index (κ1) is 12.0. The van der Waals surface area contributed by atoms with Crippen LogP contribution in [-0.4, -0.2) is 18.6 Å². The maximum atomic E-state index is 12.3. The fourth-order valence-corrected chi connectivity index (χ4v) is 0.856. The average molecular weight is 229 g/mol. The molecule has 0 unspecified atom stereocenters. The van der Waals surface area contributed by atoms with Crippen LogP contribution in [0.4, 0.5) is 22.0 Å². The summed E-state index contributed by atoms with van der Waals surface area (Å²) in [6.07, 6.45) is -4.22. The first-order valence-electron chi connectivity index (χ1n) is 4.00. The van der Waals surface area contributed by atoms with Crippen molar-refractivity contribution in [1.29, 1.82) is 0 Å². The summed E-state index contributed by atoms with van der Waals surface area (Å²) < 4.78 is 64.5. The standard InChI is InChI=1S/C8H8F5NO/c9-7(10,8(11,12)13)5-14-4-6-2-1-3-15-6/h1-3,14H,4-5H2. The molecule has 1 aromatic rings. The fourth-order valence-electron chi connectivity index (χ4n) is 0.856. The number of nitrogens with one attached hydrogen (secondary N) is 1. The molecule has 0 aliphatic heterocycles. The molecule has 0 amide bonds. The van der Waals surface area contributed by atoms with E-state index in [1.54, 1.807) is 0 Å². The molecule has 0 spiro atoms. The van der Waals surface area contributed by atoms with Gasteiger partial charge in [-0.25, -0.2) is 0 Å². The van der Waals surface area contributed by atoms with Crippen LogP contribution in [0, 0.1) is 0 Å². The summed E-state index contributed by atoms with van der Waals surface area (Å²) in [6.45, 7) is -1.63. The largest absolute Gasteiger partial charge is 0.468 e. The maximum Gasteiger partial charge on any atom is 0.454 e. The summed E-state index contributed by atoms with van der Waals surface area (Å²) in [5.74, 6) is -4.42. The molecule has 2 nitrogen and oxygen atoms in total. The van der Waals surface area contributed by atoms with E-state index in [1.165, 1.54) is 18.4 Å². The van der Waals surface area contributed by atoms with Crippen LogP contribution in [0.2, 0.25) is 0 Å². The first-order valence-corrected chi connectivity index (χ1v) is 4.00. The molecule has 1 N–H and O–H groups in total. The highest BCUT2D eigenvalue weighted by atomic mass is 19.4. The summed E-state index contributed by atoms with van der Waals surface area (Å²) in [6, 6.07) is 2.98. The van der Waals surface area contributed by atoms with E-state index < -0.39 is 18.6 Å². The van der Waals surface area contributed by atoms with Gasteiger partial charge in [0.15, 0.2) is 0 Å². The zero-order valence-corrected chi connectivity index (χ0v) is 7.44. The molecular weight excluding hydrogens is 221 g/mol. The Bertz CT molecular complexity index is 292. The van der Waals surface area contributed by atoms with Gasteiger partial charge in [-0.1, -0.05) is 0 Å². The van der Waals surface area contributed by atoms with E-state index in [9.17, 15) is 22.0 Å². The summed E-state index contributed by atoms with van der Waals surface area (Å²) in [4.78, 5) is 0. The van der Waals surface area contributed by atoms with Gasteiger partial charge in [0.2, 0.25) is 0 Å². The van der Waals surface area contributed by atoms with Gasteiger partial charge in [-0.05, 0) is 12.1 Å². The van der Waals surface area contributed by atoms with E-state index in [-0.39, 0.29) is 6.54 Å². The summed E-state index contributed by atoms with van der Waals surface area (Å²) in [5, 5.41) is 1.97. The Morgan fingerprint density at radius 3 is 2.33 bits per heavy atom. The van der Waals surface area contributed by atoms with Crippen LogP contribution >= 0.6 is 0 Å². The Kier molecular flexibility index (Phi) is 3.33. The Hall–Kier alpha value is -1.11. The van der Waals surface area contributed by atoms with Crippen LogP contribution in [0.15, 0.2) is 22.8 Å². The van der Waals surface area contributed by atoms with Gasteiger partial charge in [0.25, 0.3) is 0 Å². The van der Waals surface area contributed by atoms with Crippen LogP contribution in [0.3, 0.4) is 0 Å². The summed E-state index contributed by atoms with van der Waals surface area (Å²) >= 11 is 0. The lowest BCUT2D eigenvalue weighted by Crippen LogP contribution is -2.44. The van der Waals surface area contributed by atoms with Crippen LogP contribution in [0.5, 0.6) is 0 Å². The molecule has 0 saturated carbocycles. The van der Waals surface area contributed by atoms with Gasteiger partial charge in [0, 0.05) is 0 Å². The Balaban J connectivity index is 2.37. The zero-order valence-electron chi connectivity index (χ0n) is 7.44. The van der Waals surface area contributed by atoms with Gasteiger partial charge in [0.05, 0.1) is 19.4 Å². The molecular formula is C8H8F5NO. The predicted octanol–water partition coefficient (Wildman–Crippen LogP) is 2.57. The lowest BCUT2D eigenvalue weighted by Gasteiger charge is -2.19. The molecule has 1 rings (SSSR count). The van der Waals surface area contributed by atoms with Crippen molar-refractivity contribution in [2.45, 2.75) is 18.6 Å². The smallest absolute Gasteiger partial charge is 0.454 e. The molecule has 0 radical (unpaired) electrons. The normalized spacial score (nSPS) is 13.1. The van der Waals surface area contributed by atoms with Crippen LogP contribution in [0.25, 0.3) is 0 Å². The summed E-state index contributed by atoms with van der Waals surface area (Å²) in [5.41, 5.74) is 0. The molecule has 1 heterocycles. The van der Waals surface area contributed by atoms with Crippen molar-refractivity contribution in [3.8, 4) is 0 Å². The second-order valence-corrected chi connectivity index (χ2v) is 2.89. The SMILES string of the molecule is FC(F)(F)C(F)(F)CNCc1ccco1. The van der Waals surface area contributed by atoms with E-state index in [4.69, 9.17) is 4.42 Å². The van der Waals surface area contributed by atoms with Gasteiger partial charge >= 0.3 is 12.1 Å². The molecule has 15 heavy (non-hydrogen) atoms. The number of hydrogen-bond acceptors (Lipinski definition) is 2. The van der Waals surface area contributed by atoms with Crippen LogP contribution in [-0.2, 0) is 6.54 Å². The highest BCUT2D eigenvalue weighted by Crippen LogP contribution is 2.34. The average Bonchev–Trinajstić information content (AvgIpc) is 2.54. The molecule has 0 aliphatic rings. The fraction of sp³-hybridized carbons (Fsp3) is 0.500. The highest BCUT2D eigenvalue weighted by molar-refractivity contribution is 4.97. The van der Waals surface area contributed by atoms with E-state index in [1.807, 2.05) is 5.32 Å². The van der Waals surface area contributed by atoms with Gasteiger partial charge in [0.1, 0.15) is 5.76 Å². The minimum atomic E-state index is -5.52. The van der Waals surface area contributed by atoms with Crippen LogP contribution < -0.4 is 5.32 Å². The van der Waals surface area contributed by atoms with Crippen molar-refractivity contribution < 1.29 is 26.4 Å². The third kappa shape index (κ3) is 3.19. The van der Waals surface area contributed by atoms with Gasteiger partial charge in [-0.2, -0.15) is 22.0 Å². The minimum absolute atomic E-state index is 0.168. The van der Waals surface area contributed by atoms with Crippen LogP contribution in [0.1, 0.15) is 5.76 Å². The molecule has 0 atom stereocenters. The van der Waals surface area contributed by atoms with Crippen molar-refractivity contribution in [3.05, 3.63) is 24.2 Å². The second-order valence-electron chi connectivity index (χ2n) is 2.89. The quantitative estimate of drug-likeness (QED) is 0.802. The topological polar surface area (TPSA) is 25.2 Å². The third-order valence-corrected chi connectivity index (χ3v) is 1.64. The Morgan fingerprint density at radius 1 is 1.20 bits per heavy atom. The number of rotatable bonds is 4. The maximum absolute atomic E-state index is 12.3. The van der Waals surface area contributed by atoms with E-state index in [0.29, 0.717) is 5.76 Å². The molecule has 0 saturated heterocycles.